The predicted octanol–water partition coefficient (Wildman–Crippen LogP) is 0.960. The van der Waals surface area contributed by atoms with Gasteiger partial charge in [-0.3, -0.25) is 18.9 Å². The average Bonchev–Trinajstić information content (AvgIpc) is 3.02. The maximum Gasteiger partial charge on any atom is 0.329 e. The van der Waals surface area contributed by atoms with Crippen molar-refractivity contribution >= 4 is 11.2 Å². The minimum absolute atomic E-state index is 0.0292. The van der Waals surface area contributed by atoms with Crippen LogP contribution >= 0.6 is 0 Å². The van der Waals surface area contributed by atoms with Crippen molar-refractivity contribution in [3.63, 3.8) is 0 Å². The van der Waals surface area contributed by atoms with Crippen molar-refractivity contribution in [3.05, 3.63) is 50.7 Å². The highest BCUT2D eigenvalue weighted by atomic mass is 16.5. The molecule has 0 amide bonds. The highest BCUT2D eigenvalue weighted by Gasteiger charge is 2.21. The van der Waals surface area contributed by atoms with Crippen LogP contribution in [0.2, 0.25) is 0 Å². The first-order valence-corrected chi connectivity index (χ1v) is 9.11. The van der Waals surface area contributed by atoms with Crippen LogP contribution in [0.4, 0.5) is 0 Å². The van der Waals surface area contributed by atoms with Gasteiger partial charge in [0, 0.05) is 7.05 Å². The second-order valence-electron chi connectivity index (χ2n) is 6.57. The first-order chi connectivity index (χ1) is 13.4. The normalized spacial score (nSPS) is 12.3. The molecule has 0 saturated carbocycles. The van der Waals surface area contributed by atoms with Crippen molar-refractivity contribution < 1.29 is 14.6 Å². The summed E-state index contributed by atoms with van der Waals surface area (Å²) < 4.78 is 14.0. The lowest BCUT2D eigenvalue weighted by Crippen LogP contribution is -2.30. The summed E-state index contributed by atoms with van der Waals surface area (Å²) in [5.74, 6) is 0.680. The van der Waals surface area contributed by atoms with Crippen LogP contribution in [0.3, 0.4) is 0 Å². The van der Waals surface area contributed by atoms with E-state index in [1.807, 2.05) is 38.1 Å². The Kier molecular flexibility index (Phi) is 5.84. The second kappa shape index (κ2) is 8.30. The van der Waals surface area contributed by atoms with E-state index < -0.39 is 17.4 Å². The zero-order chi connectivity index (χ0) is 20.3. The lowest BCUT2D eigenvalue weighted by molar-refractivity contribution is 0.0899. The molecule has 0 fully saturated rings. The van der Waals surface area contributed by atoms with Crippen molar-refractivity contribution in [3.8, 4) is 11.8 Å². The van der Waals surface area contributed by atoms with Crippen LogP contribution in [0.25, 0.3) is 11.2 Å². The fourth-order valence-electron chi connectivity index (χ4n) is 2.86. The number of aromatic amines is 1. The van der Waals surface area contributed by atoms with E-state index in [9.17, 15) is 14.7 Å². The van der Waals surface area contributed by atoms with Gasteiger partial charge >= 0.3 is 5.69 Å². The van der Waals surface area contributed by atoms with Crippen molar-refractivity contribution in [2.75, 3.05) is 13.2 Å². The average molecular weight is 388 g/mol. The molecule has 3 rings (SSSR count). The Bertz CT molecular complexity index is 1080. The van der Waals surface area contributed by atoms with Crippen LogP contribution in [0.15, 0.2) is 33.9 Å². The fourth-order valence-corrected chi connectivity index (χ4v) is 2.86. The van der Waals surface area contributed by atoms with E-state index in [1.165, 1.54) is 16.2 Å². The lowest BCUT2D eigenvalue weighted by Gasteiger charge is -2.16. The van der Waals surface area contributed by atoms with E-state index in [0.29, 0.717) is 12.4 Å². The zero-order valence-electron chi connectivity index (χ0n) is 16.1. The van der Waals surface area contributed by atoms with E-state index in [1.54, 1.807) is 0 Å². The molecule has 0 aliphatic carbocycles. The van der Waals surface area contributed by atoms with Crippen molar-refractivity contribution in [1.82, 2.24) is 19.1 Å². The highest BCUT2D eigenvalue weighted by molar-refractivity contribution is 5.71. The number of para-hydroxylation sites is 1. The first kappa shape index (κ1) is 19.7. The van der Waals surface area contributed by atoms with Crippen LogP contribution < -0.4 is 20.7 Å². The number of fused-ring (bicyclic) bond motifs is 1. The SMILES string of the molecule is CCCOc1nc2c(c(=O)[nH]c(=O)n2C)n1C[C@H](O)COc1ccccc1C. The maximum absolute atomic E-state index is 12.4. The number of hydrogen-bond donors (Lipinski definition) is 2. The molecule has 28 heavy (non-hydrogen) atoms. The van der Waals surface area contributed by atoms with Crippen molar-refractivity contribution in [2.24, 2.45) is 7.05 Å². The number of imidazole rings is 1. The Morgan fingerprint density at radius 3 is 2.71 bits per heavy atom. The molecule has 2 aromatic heterocycles. The Balaban J connectivity index is 1.90. The van der Waals surface area contributed by atoms with Gasteiger partial charge in [0.2, 0.25) is 0 Å². The molecule has 150 valence electrons. The quantitative estimate of drug-likeness (QED) is 0.595. The number of aryl methyl sites for hydroxylation is 2. The van der Waals surface area contributed by atoms with Gasteiger partial charge in [0.05, 0.1) is 13.2 Å². The number of nitrogens with one attached hydrogen (secondary N) is 1. The van der Waals surface area contributed by atoms with Gasteiger partial charge < -0.3 is 14.6 Å². The standard InChI is InChI=1S/C19H24N4O5/c1-4-9-27-19-20-16-15(17(25)21-18(26)22(16)3)23(19)10-13(24)11-28-14-8-6-5-7-12(14)2/h5-8,13,24H,4,9-11H2,1-3H3,(H,21,25,26)/t13-/m0/s1. The molecule has 0 bridgehead atoms. The minimum Gasteiger partial charge on any atom is -0.491 e. The Morgan fingerprint density at radius 2 is 2.00 bits per heavy atom. The van der Waals surface area contributed by atoms with Crippen LogP contribution in [0.5, 0.6) is 11.8 Å². The Labute approximate surface area is 161 Å². The molecule has 0 aliphatic rings. The largest absolute Gasteiger partial charge is 0.491 e. The van der Waals surface area contributed by atoms with Gasteiger partial charge in [0.15, 0.2) is 11.2 Å². The van der Waals surface area contributed by atoms with E-state index in [2.05, 4.69) is 9.97 Å². The zero-order valence-corrected chi connectivity index (χ0v) is 16.1. The number of aliphatic hydroxyl groups excluding tert-OH is 1. The summed E-state index contributed by atoms with van der Waals surface area (Å²) in [4.78, 5) is 30.8. The summed E-state index contributed by atoms with van der Waals surface area (Å²) in [6.07, 6.45) is -0.171. The smallest absolute Gasteiger partial charge is 0.329 e. The number of aromatic nitrogens is 4. The Hall–Kier alpha value is -3.07. The summed E-state index contributed by atoms with van der Waals surface area (Å²) >= 11 is 0. The third-order valence-corrected chi connectivity index (χ3v) is 4.33. The molecular weight excluding hydrogens is 364 g/mol. The van der Waals surface area contributed by atoms with E-state index >= 15 is 0 Å². The van der Waals surface area contributed by atoms with Gasteiger partial charge in [-0.2, -0.15) is 4.98 Å². The van der Waals surface area contributed by atoms with Gasteiger partial charge in [-0.1, -0.05) is 25.1 Å². The van der Waals surface area contributed by atoms with E-state index in [-0.39, 0.29) is 30.3 Å². The number of hydrogen-bond acceptors (Lipinski definition) is 6. The van der Waals surface area contributed by atoms with Gasteiger partial charge in [-0.25, -0.2) is 4.79 Å². The summed E-state index contributed by atoms with van der Waals surface area (Å²) in [5.41, 5.74) is 0.188. The van der Waals surface area contributed by atoms with Crippen LogP contribution in [0.1, 0.15) is 18.9 Å². The minimum atomic E-state index is -0.919. The van der Waals surface area contributed by atoms with Gasteiger partial charge in [-0.05, 0) is 25.0 Å². The molecule has 1 atom stereocenters. The number of rotatable bonds is 8. The number of aliphatic hydroxyl groups is 1. The monoisotopic (exact) mass is 388 g/mol. The first-order valence-electron chi connectivity index (χ1n) is 9.11. The maximum atomic E-state index is 12.4. The summed E-state index contributed by atoms with van der Waals surface area (Å²) in [7, 11) is 1.51. The van der Waals surface area contributed by atoms with Gasteiger partial charge in [-0.15, -0.1) is 0 Å². The molecule has 3 aromatic rings. The number of ether oxygens (including phenoxy) is 2. The Morgan fingerprint density at radius 1 is 1.25 bits per heavy atom. The number of benzene rings is 1. The molecule has 0 spiro atoms. The molecule has 9 nitrogen and oxygen atoms in total. The highest BCUT2D eigenvalue weighted by Crippen LogP contribution is 2.20. The molecule has 0 aliphatic heterocycles. The van der Waals surface area contributed by atoms with Gasteiger partial charge in [0.1, 0.15) is 18.5 Å². The third kappa shape index (κ3) is 3.94. The van der Waals surface area contributed by atoms with Crippen LogP contribution in [0, 0.1) is 6.92 Å². The third-order valence-electron chi connectivity index (χ3n) is 4.33. The number of H-pyrrole nitrogens is 1. The predicted molar refractivity (Wildman–Crippen MR) is 104 cm³/mol. The second-order valence-corrected chi connectivity index (χ2v) is 6.57. The molecule has 1 aromatic carbocycles. The molecule has 0 saturated heterocycles. The summed E-state index contributed by atoms with van der Waals surface area (Å²) in [6.45, 7) is 4.32. The van der Waals surface area contributed by atoms with Crippen LogP contribution in [-0.2, 0) is 13.6 Å². The summed E-state index contributed by atoms with van der Waals surface area (Å²) in [5, 5.41) is 10.5. The lowest BCUT2D eigenvalue weighted by atomic mass is 10.2. The fraction of sp³-hybridized carbons (Fsp3) is 0.421. The number of nitrogens with zero attached hydrogens (tertiary/aromatic N) is 3. The van der Waals surface area contributed by atoms with Gasteiger partial charge in [0.25, 0.3) is 11.6 Å². The van der Waals surface area contributed by atoms with E-state index in [4.69, 9.17) is 9.47 Å². The molecular formula is C19H24N4O5. The molecule has 0 unspecified atom stereocenters. The molecule has 9 heteroatoms. The van der Waals surface area contributed by atoms with Crippen molar-refractivity contribution in [2.45, 2.75) is 32.9 Å². The van der Waals surface area contributed by atoms with Crippen LogP contribution in [-0.4, -0.2) is 43.5 Å². The van der Waals surface area contributed by atoms with Crippen molar-refractivity contribution in [1.29, 1.82) is 0 Å². The molecule has 2 N–H and O–H groups in total. The molecule has 2 heterocycles. The molecule has 0 radical (unpaired) electrons. The van der Waals surface area contributed by atoms with E-state index in [0.717, 1.165) is 12.0 Å². The topological polar surface area (TPSA) is 111 Å². The summed E-state index contributed by atoms with van der Waals surface area (Å²) in [6, 6.07) is 7.68.